The van der Waals surface area contributed by atoms with Crippen LogP contribution < -0.4 is 27.0 Å². The van der Waals surface area contributed by atoms with Crippen LogP contribution in [0.4, 0.5) is 0 Å². The Morgan fingerprint density at radius 3 is 1.43 bits per heavy atom. The molecule has 0 aromatic rings. The molecule has 0 spiro atoms. The molecule has 4 amide bonds. The average molecular weight is 1010 g/mol. The third-order valence-corrected chi connectivity index (χ3v) is 13.1. The minimum absolute atomic E-state index is 0.0227. The fourth-order valence-corrected chi connectivity index (χ4v) is 8.66. The van der Waals surface area contributed by atoms with Crippen LogP contribution in [-0.4, -0.2) is 114 Å². The summed E-state index contributed by atoms with van der Waals surface area (Å²) in [7, 11) is 0. The monoisotopic (exact) mass is 1010 g/mol. The number of rotatable bonds is 50. The quantitative estimate of drug-likeness (QED) is 0.0223. The summed E-state index contributed by atoms with van der Waals surface area (Å²) < 4.78 is 11.4. The molecule has 0 rings (SSSR count). The summed E-state index contributed by atoms with van der Waals surface area (Å²) >= 11 is 1.36. The molecular formula is C52H95N5O12S. The van der Waals surface area contributed by atoms with E-state index in [1.165, 1.54) is 134 Å². The molecule has 17 nitrogen and oxygen atoms in total. The van der Waals surface area contributed by atoms with Crippen LogP contribution in [0.3, 0.4) is 0 Å². The topological polar surface area (TPSA) is 270 Å². The van der Waals surface area contributed by atoms with Crippen molar-refractivity contribution < 1.29 is 58.0 Å². The molecule has 3 atom stereocenters. The summed E-state index contributed by atoms with van der Waals surface area (Å²) in [5.74, 6) is -5.40. The second-order valence-electron chi connectivity index (χ2n) is 18.5. The summed E-state index contributed by atoms with van der Waals surface area (Å²) in [5.41, 5.74) is 5.66. The van der Waals surface area contributed by atoms with Gasteiger partial charge in [0.15, 0.2) is 0 Å². The maximum atomic E-state index is 13.0. The Kier molecular flexibility index (Phi) is 44.7. The van der Waals surface area contributed by atoms with Crippen LogP contribution in [0.15, 0.2) is 0 Å². The van der Waals surface area contributed by atoms with Gasteiger partial charge in [-0.3, -0.25) is 33.6 Å². The molecule has 0 heterocycles. The molecule has 8 N–H and O–H groups in total. The van der Waals surface area contributed by atoms with Crippen LogP contribution in [0.1, 0.15) is 226 Å². The first-order valence-electron chi connectivity index (χ1n) is 27.0. The smallest absolute Gasteiger partial charge is 0.326 e. The van der Waals surface area contributed by atoms with Crippen molar-refractivity contribution in [3.8, 4) is 0 Å². The standard InChI is InChI=1S/C52H95N5O12S/c1-3-5-7-9-11-13-15-17-19-21-23-25-27-31-49(63)68-40-42(69-50(64)32-28-26-24-22-20-18-16-14-12-10-8-6-4-2)41-70-37-35-45(58)56-43(30-29-36-53)51(65)55-38-46(59)54-39-47(60)57-44(52(66)67)33-34-48(61)62/h42-44H,3-41,53H2,1-2H3,(H,54,59)(H,55,65)(H,56,58)(H,57,60)(H,61,62)(H,66,67)/t42?,43-,44-/m0/s1. The van der Waals surface area contributed by atoms with Crippen LogP contribution in [0.5, 0.6) is 0 Å². The van der Waals surface area contributed by atoms with Crippen molar-refractivity contribution in [1.29, 1.82) is 0 Å². The number of carbonyl (C=O) groups excluding carboxylic acids is 6. The van der Waals surface area contributed by atoms with E-state index in [4.69, 9.17) is 20.3 Å². The SMILES string of the molecule is CCCCCCCCCCCCCCCC(=O)OCC(CSCCC(=O)N[C@@H](CCCN)C(=O)NCC(=O)NCC(=O)N[C@@H](CCC(=O)O)C(=O)O)OC(=O)CCCCCCCCCCCCCCC. The van der Waals surface area contributed by atoms with Crippen LogP contribution in [0, 0.1) is 0 Å². The number of unbranched alkanes of at least 4 members (excludes halogenated alkanes) is 24. The number of thioether (sulfide) groups is 1. The highest BCUT2D eigenvalue weighted by Crippen LogP contribution is 2.16. The lowest BCUT2D eigenvalue weighted by Gasteiger charge is -2.19. The van der Waals surface area contributed by atoms with Gasteiger partial charge in [0, 0.05) is 37.2 Å². The van der Waals surface area contributed by atoms with Gasteiger partial charge in [-0.05, 0) is 38.6 Å². The third-order valence-electron chi connectivity index (χ3n) is 12.0. The van der Waals surface area contributed by atoms with Crippen molar-refractivity contribution in [2.75, 3.05) is 37.7 Å². The Balaban J connectivity index is 4.93. The van der Waals surface area contributed by atoms with Crippen LogP contribution in [-0.2, 0) is 47.8 Å². The summed E-state index contributed by atoms with van der Waals surface area (Å²) in [6, 6.07) is -2.46. The fraction of sp³-hybridized carbons (Fsp3) is 0.846. The highest BCUT2D eigenvalue weighted by atomic mass is 32.2. The molecule has 1 unspecified atom stereocenters. The number of nitrogens with one attached hydrogen (secondary N) is 4. The lowest BCUT2D eigenvalue weighted by molar-refractivity contribution is -0.157. The van der Waals surface area contributed by atoms with Gasteiger partial charge in [-0.2, -0.15) is 11.8 Å². The minimum atomic E-state index is -1.46. The van der Waals surface area contributed by atoms with Crippen molar-refractivity contribution >= 4 is 59.3 Å². The number of nitrogens with two attached hydrogens (primary N) is 1. The van der Waals surface area contributed by atoms with E-state index in [0.717, 1.165) is 44.9 Å². The van der Waals surface area contributed by atoms with E-state index < -0.39 is 73.3 Å². The molecule has 70 heavy (non-hydrogen) atoms. The van der Waals surface area contributed by atoms with Gasteiger partial charge in [-0.15, -0.1) is 0 Å². The number of hydrogen-bond acceptors (Lipinski definition) is 12. The van der Waals surface area contributed by atoms with Gasteiger partial charge in [-0.25, -0.2) is 4.79 Å². The first-order chi connectivity index (χ1) is 33.8. The predicted molar refractivity (Wildman–Crippen MR) is 276 cm³/mol. The molecule has 0 saturated carbocycles. The largest absolute Gasteiger partial charge is 0.481 e. The van der Waals surface area contributed by atoms with Crippen LogP contribution in [0.2, 0.25) is 0 Å². The van der Waals surface area contributed by atoms with E-state index >= 15 is 0 Å². The molecule has 0 aliphatic heterocycles. The molecule has 0 fully saturated rings. The number of ether oxygens (including phenoxy) is 2. The molecule has 0 saturated heterocycles. The van der Waals surface area contributed by atoms with Crippen molar-refractivity contribution in [2.24, 2.45) is 5.73 Å². The predicted octanol–water partition coefficient (Wildman–Crippen LogP) is 8.42. The van der Waals surface area contributed by atoms with Gasteiger partial charge in [0.2, 0.25) is 23.6 Å². The molecule has 0 aliphatic rings. The minimum Gasteiger partial charge on any atom is -0.481 e. The van der Waals surface area contributed by atoms with Gasteiger partial charge in [-0.1, -0.05) is 168 Å². The number of aliphatic carboxylic acids is 2. The van der Waals surface area contributed by atoms with Gasteiger partial charge in [0.25, 0.3) is 0 Å². The van der Waals surface area contributed by atoms with E-state index in [2.05, 4.69) is 35.1 Å². The molecule has 0 aromatic carbocycles. The molecule has 0 bridgehead atoms. The summed E-state index contributed by atoms with van der Waals surface area (Å²) in [4.78, 5) is 98.2. The maximum Gasteiger partial charge on any atom is 0.326 e. The molecule has 0 aliphatic carbocycles. The highest BCUT2D eigenvalue weighted by molar-refractivity contribution is 7.99. The fourth-order valence-electron chi connectivity index (χ4n) is 7.73. The molecule has 406 valence electrons. The van der Waals surface area contributed by atoms with Gasteiger partial charge in [0.05, 0.1) is 13.1 Å². The van der Waals surface area contributed by atoms with Gasteiger partial charge >= 0.3 is 23.9 Å². The second kappa shape index (κ2) is 47.4. The zero-order valence-electron chi connectivity index (χ0n) is 43.3. The van der Waals surface area contributed by atoms with Gasteiger partial charge < -0.3 is 46.7 Å². The normalized spacial score (nSPS) is 12.3. The lowest BCUT2D eigenvalue weighted by atomic mass is 10.0. The summed E-state index contributed by atoms with van der Waals surface area (Å²) in [5, 5.41) is 27.5. The Labute approximate surface area is 424 Å². The second-order valence-corrected chi connectivity index (χ2v) is 19.7. The van der Waals surface area contributed by atoms with Crippen molar-refractivity contribution in [3.05, 3.63) is 0 Å². The zero-order valence-corrected chi connectivity index (χ0v) is 44.1. The zero-order chi connectivity index (χ0) is 51.9. The number of carboxylic acid groups (broad SMARTS) is 2. The molecule has 0 aromatic heterocycles. The van der Waals surface area contributed by atoms with E-state index in [0.29, 0.717) is 24.3 Å². The first-order valence-corrected chi connectivity index (χ1v) is 28.2. The third kappa shape index (κ3) is 42.9. The summed E-state index contributed by atoms with van der Waals surface area (Å²) in [6.45, 7) is 3.50. The number of hydrogen-bond donors (Lipinski definition) is 7. The molecule has 18 heteroatoms. The lowest BCUT2D eigenvalue weighted by Crippen LogP contribution is -2.50. The highest BCUT2D eigenvalue weighted by Gasteiger charge is 2.24. The summed E-state index contributed by atoms with van der Waals surface area (Å²) in [6.07, 6.45) is 31.0. The molecular weight excluding hydrogens is 919 g/mol. The number of amides is 4. The van der Waals surface area contributed by atoms with Crippen molar-refractivity contribution in [3.63, 3.8) is 0 Å². The van der Waals surface area contributed by atoms with Gasteiger partial charge in [0.1, 0.15) is 24.8 Å². The van der Waals surface area contributed by atoms with Crippen LogP contribution >= 0.6 is 11.8 Å². The van der Waals surface area contributed by atoms with E-state index in [9.17, 15) is 43.5 Å². The van der Waals surface area contributed by atoms with E-state index in [1.807, 2.05) is 0 Å². The molecule has 0 radical (unpaired) electrons. The Morgan fingerprint density at radius 2 is 0.957 bits per heavy atom. The maximum absolute atomic E-state index is 13.0. The number of carbonyl (C=O) groups is 8. The van der Waals surface area contributed by atoms with Crippen molar-refractivity contribution in [2.45, 2.75) is 244 Å². The Hall–Kier alpha value is -3.93. The number of esters is 2. The average Bonchev–Trinajstić information content (AvgIpc) is 3.33. The van der Waals surface area contributed by atoms with Crippen molar-refractivity contribution in [1.82, 2.24) is 21.3 Å². The Bertz CT molecular complexity index is 1420. The van der Waals surface area contributed by atoms with Crippen LogP contribution in [0.25, 0.3) is 0 Å². The first kappa shape index (κ1) is 66.1. The Morgan fingerprint density at radius 1 is 0.500 bits per heavy atom. The number of carboxylic acids is 2. The van der Waals surface area contributed by atoms with E-state index in [1.54, 1.807) is 0 Å². The van der Waals surface area contributed by atoms with E-state index in [-0.39, 0.29) is 50.8 Å².